The highest BCUT2D eigenvalue weighted by atomic mass is 32.2. The zero-order chi connectivity index (χ0) is 16.4. The van der Waals surface area contributed by atoms with Crippen LogP contribution in [0.3, 0.4) is 0 Å². The molecule has 0 unspecified atom stereocenters. The Kier molecular flexibility index (Phi) is 8.24. The number of carbonyl (C=O) groups excluding carboxylic acids is 3. The van der Waals surface area contributed by atoms with Gasteiger partial charge in [-0.15, -0.1) is 0 Å². The Morgan fingerprint density at radius 3 is 2.55 bits per heavy atom. The third-order valence-electron chi connectivity index (χ3n) is 2.94. The molecular weight excluding hydrogens is 302 g/mol. The van der Waals surface area contributed by atoms with E-state index in [-0.39, 0.29) is 12.8 Å². The highest BCUT2D eigenvalue weighted by Gasteiger charge is 2.18. The second-order valence-electron chi connectivity index (χ2n) is 4.86. The first-order valence-corrected chi connectivity index (χ1v) is 8.09. The molecule has 0 saturated heterocycles. The lowest BCUT2D eigenvalue weighted by Gasteiger charge is -2.16. The molecule has 7 heteroatoms. The number of nitrogens with one attached hydrogen (secondary N) is 1. The van der Waals surface area contributed by atoms with Gasteiger partial charge in [-0.3, -0.25) is 9.59 Å². The van der Waals surface area contributed by atoms with E-state index in [1.54, 1.807) is 11.8 Å². The minimum atomic E-state index is -0.731. The molecular formula is C15H21N3O3S. The quantitative estimate of drug-likeness (QED) is 0.532. The van der Waals surface area contributed by atoms with Gasteiger partial charge in [0.05, 0.1) is 12.1 Å². The van der Waals surface area contributed by atoms with Gasteiger partial charge in [-0.1, -0.05) is 30.3 Å². The van der Waals surface area contributed by atoms with Crippen molar-refractivity contribution < 1.29 is 14.4 Å². The number of hydrogen-bond acceptors (Lipinski definition) is 5. The lowest BCUT2D eigenvalue weighted by Crippen LogP contribution is -2.47. The average molecular weight is 323 g/mol. The van der Waals surface area contributed by atoms with Gasteiger partial charge in [0.15, 0.2) is 0 Å². The molecule has 5 N–H and O–H groups in total. The standard InChI is InChI=1S/C15H21N3O3S/c16-13(10-22-9-11-4-2-1-3-5-11)15(21)18-12(8-19)6-7-14(17)20/h1-5,8,12-13H,6-7,9-10,16H2,(H2,17,20)(H,18,21)/t12-,13-/m0/s1. The molecule has 1 rings (SSSR count). The summed E-state index contributed by atoms with van der Waals surface area (Å²) in [4.78, 5) is 33.4. The van der Waals surface area contributed by atoms with Crippen molar-refractivity contribution in [2.24, 2.45) is 11.5 Å². The summed E-state index contributed by atoms with van der Waals surface area (Å²) in [5.41, 5.74) is 12.0. The van der Waals surface area contributed by atoms with Crippen molar-refractivity contribution in [1.29, 1.82) is 0 Å². The van der Waals surface area contributed by atoms with Crippen LogP contribution in [0, 0.1) is 0 Å². The van der Waals surface area contributed by atoms with E-state index in [9.17, 15) is 14.4 Å². The average Bonchev–Trinajstić information content (AvgIpc) is 2.51. The van der Waals surface area contributed by atoms with E-state index in [1.807, 2.05) is 30.3 Å². The third-order valence-corrected chi connectivity index (χ3v) is 4.07. The molecule has 6 nitrogen and oxygen atoms in total. The fourth-order valence-electron chi connectivity index (χ4n) is 1.72. The molecule has 0 aliphatic carbocycles. The molecule has 1 aromatic carbocycles. The number of hydrogen-bond donors (Lipinski definition) is 3. The van der Waals surface area contributed by atoms with Crippen LogP contribution in [-0.2, 0) is 20.1 Å². The molecule has 0 aliphatic rings. The topological polar surface area (TPSA) is 115 Å². The van der Waals surface area contributed by atoms with Crippen molar-refractivity contribution in [2.75, 3.05) is 5.75 Å². The van der Waals surface area contributed by atoms with Gasteiger partial charge in [0, 0.05) is 17.9 Å². The van der Waals surface area contributed by atoms with E-state index >= 15 is 0 Å². The molecule has 1 aromatic rings. The molecule has 0 bridgehead atoms. The van der Waals surface area contributed by atoms with Gasteiger partial charge >= 0.3 is 0 Å². The maximum atomic E-state index is 11.9. The van der Waals surface area contributed by atoms with Crippen LogP contribution in [0.15, 0.2) is 30.3 Å². The monoisotopic (exact) mass is 323 g/mol. The van der Waals surface area contributed by atoms with Gasteiger partial charge in [0.1, 0.15) is 6.29 Å². The summed E-state index contributed by atoms with van der Waals surface area (Å²) in [6, 6.07) is 8.43. The number of primary amides is 1. The van der Waals surface area contributed by atoms with Crippen molar-refractivity contribution in [1.82, 2.24) is 5.32 Å². The number of aldehydes is 1. The van der Waals surface area contributed by atoms with E-state index in [4.69, 9.17) is 11.5 Å². The Balaban J connectivity index is 2.31. The van der Waals surface area contributed by atoms with Gasteiger partial charge in [-0.25, -0.2) is 0 Å². The molecule has 0 spiro atoms. The first-order valence-electron chi connectivity index (χ1n) is 6.94. The molecule has 0 radical (unpaired) electrons. The second-order valence-corrected chi connectivity index (χ2v) is 5.89. The Labute approximate surface area is 134 Å². The fourth-order valence-corrected chi connectivity index (χ4v) is 2.67. The molecule has 0 heterocycles. The van der Waals surface area contributed by atoms with Crippen LogP contribution in [0.2, 0.25) is 0 Å². The van der Waals surface area contributed by atoms with Crippen LogP contribution in [0.5, 0.6) is 0 Å². The number of carbonyl (C=O) groups is 3. The molecule has 2 amide bonds. The lowest BCUT2D eigenvalue weighted by molar-refractivity contribution is -0.125. The molecule has 120 valence electrons. The zero-order valence-electron chi connectivity index (χ0n) is 12.2. The number of thioether (sulfide) groups is 1. The van der Waals surface area contributed by atoms with Crippen molar-refractivity contribution in [2.45, 2.75) is 30.7 Å². The van der Waals surface area contributed by atoms with Crippen molar-refractivity contribution in [3.63, 3.8) is 0 Å². The summed E-state index contributed by atoms with van der Waals surface area (Å²) >= 11 is 1.55. The molecule has 22 heavy (non-hydrogen) atoms. The number of amides is 2. The van der Waals surface area contributed by atoms with Gasteiger partial charge in [-0.05, 0) is 12.0 Å². The van der Waals surface area contributed by atoms with E-state index in [1.165, 1.54) is 0 Å². The van der Waals surface area contributed by atoms with E-state index in [2.05, 4.69) is 5.32 Å². The fraction of sp³-hybridized carbons (Fsp3) is 0.400. The van der Waals surface area contributed by atoms with Crippen molar-refractivity contribution in [3.05, 3.63) is 35.9 Å². The first kappa shape index (κ1) is 18.2. The molecule has 0 saturated carbocycles. The van der Waals surface area contributed by atoms with Gasteiger partial charge in [0.25, 0.3) is 0 Å². The first-order chi connectivity index (χ1) is 10.5. The number of rotatable bonds is 10. The Morgan fingerprint density at radius 1 is 1.27 bits per heavy atom. The van der Waals surface area contributed by atoms with Crippen LogP contribution in [-0.4, -0.2) is 35.9 Å². The van der Waals surface area contributed by atoms with E-state index < -0.39 is 23.9 Å². The predicted octanol–water partition coefficient (Wildman–Crippen LogP) is 0.196. The van der Waals surface area contributed by atoms with Crippen molar-refractivity contribution in [3.8, 4) is 0 Å². The maximum absolute atomic E-state index is 11.9. The summed E-state index contributed by atoms with van der Waals surface area (Å²) in [5, 5.41) is 2.52. The number of benzene rings is 1. The van der Waals surface area contributed by atoms with Crippen LogP contribution in [0.25, 0.3) is 0 Å². The normalized spacial score (nSPS) is 13.1. The summed E-state index contributed by atoms with van der Waals surface area (Å²) < 4.78 is 0. The summed E-state index contributed by atoms with van der Waals surface area (Å²) in [6.07, 6.45) is 0.820. The van der Waals surface area contributed by atoms with Gasteiger partial charge < -0.3 is 21.6 Å². The van der Waals surface area contributed by atoms with Gasteiger partial charge in [-0.2, -0.15) is 11.8 Å². The summed E-state index contributed by atoms with van der Waals surface area (Å²) in [5.74, 6) is 0.300. The molecule has 0 fully saturated rings. The summed E-state index contributed by atoms with van der Waals surface area (Å²) in [7, 11) is 0. The van der Waals surface area contributed by atoms with Crippen LogP contribution in [0.4, 0.5) is 0 Å². The van der Waals surface area contributed by atoms with Crippen LogP contribution in [0.1, 0.15) is 18.4 Å². The third kappa shape index (κ3) is 7.24. The lowest BCUT2D eigenvalue weighted by atomic mass is 10.1. The highest BCUT2D eigenvalue weighted by Crippen LogP contribution is 2.12. The molecule has 0 aliphatic heterocycles. The van der Waals surface area contributed by atoms with Gasteiger partial charge in [0.2, 0.25) is 11.8 Å². The Bertz CT molecular complexity index is 496. The van der Waals surface area contributed by atoms with Crippen molar-refractivity contribution >= 4 is 29.9 Å². The largest absolute Gasteiger partial charge is 0.370 e. The second kappa shape index (κ2) is 9.97. The van der Waals surface area contributed by atoms with Crippen LogP contribution >= 0.6 is 11.8 Å². The van der Waals surface area contributed by atoms with E-state index in [0.29, 0.717) is 12.0 Å². The molecule has 2 atom stereocenters. The summed E-state index contributed by atoms with van der Waals surface area (Å²) in [6.45, 7) is 0. The zero-order valence-corrected chi connectivity index (χ0v) is 13.1. The molecule has 0 aromatic heterocycles. The smallest absolute Gasteiger partial charge is 0.238 e. The Morgan fingerprint density at radius 2 is 1.95 bits per heavy atom. The number of nitrogens with two attached hydrogens (primary N) is 2. The maximum Gasteiger partial charge on any atom is 0.238 e. The minimum Gasteiger partial charge on any atom is -0.370 e. The SMILES string of the molecule is NC(=O)CC[C@@H](C=O)NC(=O)[C@@H](N)CSCc1ccccc1. The van der Waals surface area contributed by atoms with E-state index in [0.717, 1.165) is 11.3 Å². The predicted molar refractivity (Wildman–Crippen MR) is 87.0 cm³/mol. The minimum absolute atomic E-state index is 0.0433. The highest BCUT2D eigenvalue weighted by molar-refractivity contribution is 7.98. The van der Waals surface area contributed by atoms with Crippen LogP contribution < -0.4 is 16.8 Å². The Hall–Kier alpha value is -1.86.